The molecule has 1 N–H and O–H groups in total. The van der Waals surface area contributed by atoms with E-state index in [1.54, 1.807) is 0 Å². The minimum absolute atomic E-state index is 0.0722. The number of amides is 1. The standard InChI is InChI=1S/C18H16N2O2S/c21-17(19-14-7-3-1-4-8-14)11-15-13-23-18(20-15)12-22-16-9-5-2-6-10-16/h1-10,13H,11-12H2,(H,19,21). The van der Waals surface area contributed by atoms with Gasteiger partial charge in [0.15, 0.2) is 0 Å². The van der Waals surface area contributed by atoms with E-state index in [1.807, 2.05) is 66.0 Å². The van der Waals surface area contributed by atoms with Crippen LogP contribution in [-0.2, 0) is 17.8 Å². The zero-order valence-electron chi connectivity index (χ0n) is 12.4. The summed E-state index contributed by atoms with van der Waals surface area (Å²) in [5.74, 6) is 0.739. The van der Waals surface area contributed by atoms with Crippen molar-refractivity contribution in [1.82, 2.24) is 4.98 Å². The van der Waals surface area contributed by atoms with Crippen LogP contribution in [0.4, 0.5) is 5.69 Å². The number of carbonyl (C=O) groups excluding carboxylic acids is 1. The maximum atomic E-state index is 12.0. The Kier molecular flexibility index (Phi) is 5.01. The van der Waals surface area contributed by atoms with Gasteiger partial charge in [0.1, 0.15) is 17.4 Å². The molecule has 0 saturated carbocycles. The Hall–Kier alpha value is -2.66. The lowest BCUT2D eigenvalue weighted by atomic mass is 10.3. The Morgan fingerprint density at radius 1 is 1.04 bits per heavy atom. The molecule has 0 aliphatic heterocycles. The van der Waals surface area contributed by atoms with Gasteiger partial charge in [-0.25, -0.2) is 4.98 Å². The fraction of sp³-hybridized carbons (Fsp3) is 0.111. The lowest BCUT2D eigenvalue weighted by Crippen LogP contribution is -2.14. The van der Waals surface area contributed by atoms with Crippen LogP contribution >= 0.6 is 11.3 Å². The normalized spacial score (nSPS) is 10.3. The summed E-state index contributed by atoms with van der Waals surface area (Å²) in [6.45, 7) is 0.412. The quantitative estimate of drug-likeness (QED) is 0.748. The lowest BCUT2D eigenvalue weighted by Gasteiger charge is -2.03. The second-order valence-electron chi connectivity index (χ2n) is 4.93. The summed E-state index contributed by atoms with van der Waals surface area (Å²) >= 11 is 1.50. The molecular weight excluding hydrogens is 308 g/mol. The number of para-hydroxylation sites is 2. The van der Waals surface area contributed by atoms with Crippen molar-refractivity contribution in [1.29, 1.82) is 0 Å². The molecule has 0 aliphatic rings. The summed E-state index contributed by atoms with van der Waals surface area (Å²) in [6.07, 6.45) is 0.261. The number of hydrogen-bond acceptors (Lipinski definition) is 4. The van der Waals surface area contributed by atoms with Crippen molar-refractivity contribution in [3.63, 3.8) is 0 Å². The molecule has 0 unspecified atom stereocenters. The Morgan fingerprint density at radius 2 is 1.74 bits per heavy atom. The van der Waals surface area contributed by atoms with Crippen molar-refractivity contribution in [2.24, 2.45) is 0 Å². The second-order valence-corrected chi connectivity index (χ2v) is 5.87. The summed E-state index contributed by atoms with van der Waals surface area (Å²) in [7, 11) is 0. The molecule has 4 nitrogen and oxygen atoms in total. The monoisotopic (exact) mass is 324 g/mol. The number of aromatic nitrogens is 1. The number of benzene rings is 2. The van der Waals surface area contributed by atoms with Gasteiger partial charge < -0.3 is 10.1 Å². The highest BCUT2D eigenvalue weighted by molar-refractivity contribution is 7.09. The Labute approximate surface area is 138 Å². The molecule has 116 valence electrons. The topological polar surface area (TPSA) is 51.2 Å². The smallest absolute Gasteiger partial charge is 0.230 e. The van der Waals surface area contributed by atoms with E-state index in [-0.39, 0.29) is 12.3 Å². The molecule has 0 spiro atoms. The van der Waals surface area contributed by atoms with E-state index in [2.05, 4.69) is 10.3 Å². The van der Waals surface area contributed by atoms with Gasteiger partial charge in [0.2, 0.25) is 5.91 Å². The van der Waals surface area contributed by atoms with Gasteiger partial charge in [-0.15, -0.1) is 11.3 Å². The van der Waals surface area contributed by atoms with E-state index in [0.717, 1.165) is 22.1 Å². The first-order valence-electron chi connectivity index (χ1n) is 7.25. The van der Waals surface area contributed by atoms with Crippen LogP contribution in [0.5, 0.6) is 5.75 Å². The minimum atomic E-state index is -0.0722. The molecule has 0 aliphatic carbocycles. The highest BCUT2D eigenvalue weighted by Crippen LogP contribution is 2.15. The number of carbonyl (C=O) groups is 1. The van der Waals surface area contributed by atoms with Gasteiger partial charge in [0.25, 0.3) is 0 Å². The summed E-state index contributed by atoms with van der Waals surface area (Å²) in [6, 6.07) is 19.0. The van der Waals surface area contributed by atoms with Crippen molar-refractivity contribution in [3.8, 4) is 5.75 Å². The largest absolute Gasteiger partial charge is 0.486 e. The van der Waals surface area contributed by atoms with E-state index in [4.69, 9.17) is 4.74 Å². The van der Waals surface area contributed by atoms with Gasteiger partial charge in [-0.05, 0) is 24.3 Å². The van der Waals surface area contributed by atoms with Crippen molar-refractivity contribution in [2.75, 3.05) is 5.32 Å². The third-order valence-electron chi connectivity index (χ3n) is 3.10. The van der Waals surface area contributed by atoms with Crippen molar-refractivity contribution >= 4 is 22.9 Å². The van der Waals surface area contributed by atoms with Gasteiger partial charge in [0.05, 0.1) is 12.1 Å². The zero-order valence-corrected chi connectivity index (χ0v) is 13.3. The first-order chi connectivity index (χ1) is 11.3. The number of anilines is 1. The molecule has 23 heavy (non-hydrogen) atoms. The van der Waals surface area contributed by atoms with Gasteiger partial charge in [0, 0.05) is 11.1 Å². The molecule has 1 amide bonds. The summed E-state index contributed by atoms with van der Waals surface area (Å²) in [5.41, 5.74) is 1.55. The number of ether oxygens (including phenoxy) is 1. The van der Waals surface area contributed by atoms with Gasteiger partial charge in [-0.1, -0.05) is 36.4 Å². The lowest BCUT2D eigenvalue weighted by molar-refractivity contribution is -0.115. The first-order valence-corrected chi connectivity index (χ1v) is 8.13. The Bertz CT molecular complexity index is 757. The molecule has 5 heteroatoms. The number of rotatable bonds is 6. The number of thiazole rings is 1. The Balaban J connectivity index is 1.52. The van der Waals surface area contributed by atoms with E-state index in [9.17, 15) is 4.79 Å². The molecule has 2 aromatic carbocycles. The molecular formula is C18H16N2O2S. The molecule has 1 aromatic heterocycles. The predicted molar refractivity (Wildman–Crippen MR) is 91.7 cm³/mol. The SMILES string of the molecule is O=C(Cc1csc(COc2ccccc2)n1)Nc1ccccc1. The second kappa shape index (κ2) is 7.56. The minimum Gasteiger partial charge on any atom is -0.486 e. The highest BCUT2D eigenvalue weighted by atomic mass is 32.1. The van der Waals surface area contributed by atoms with Crippen LogP contribution in [0.25, 0.3) is 0 Å². The molecule has 0 bridgehead atoms. The van der Waals surface area contributed by atoms with E-state index < -0.39 is 0 Å². The summed E-state index contributed by atoms with van der Waals surface area (Å²) in [5, 5.41) is 5.61. The predicted octanol–water partition coefficient (Wildman–Crippen LogP) is 3.90. The van der Waals surface area contributed by atoms with Crippen LogP contribution in [0.2, 0.25) is 0 Å². The maximum Gasteiger partial charge on any atom is 0.230 e. The molecule has 0 fully saturated rings. The van der Waals surface area contributed by atoms with Crippen LogP contribution in [0.3, 0.4) is 0 Å². The van der Waals surface area contributed by atoms with Crippen molar-refractivity contribution in [2.45, 2.75) is 13.0 Å². The molecule has 3 aromatic rings. The average Bonchev–Trinajstić information content (AvgIpc) is 3.02. The molecule has 0 saturated heterocycles. The highest BCUT2D eigenvalue weighted by Gasteiger charge is 2.08. The van der Waals surface area contributed by atoms with Crippen LogP contribution in [0, 0.1) is 0 Å². The number of nitrogens with zero attached hydrogens (tertiary/aromatic N) is 1. The zero-order chi connectivity index (χ0) is 15.9. The summed E-state index contributed by atoms with van der Waals surface area (Å²) < 4.78 is 5.65. The van der Waals surface area contributed by atoms with Crippen LogP contribution in [0.15, 0.2) is 66.0 Å². The maximum absolute atomic E-state index is 12.0. The summed E-state index contributed by atoms with van der Waals surface area (Å²) in [4.78, 5) is 16.4. The van der Waals surface area contributed by atoms with Crippen LogP contribution in [-0.4, -0.2) is 10.9 Å². The van der Waals surface area contributed by atoms with Gasteiger partial charge in [-0.3, -0.25) is 4.79 Å². The average molecular weight is 324 g/mol. The number of hydrogen-bond donors (Lipinski definition) is 1. The molecule has 3 rings (SSSR count). The fourth-order valence-electron chi connectivity index (χ4n) is 2.05. The van der Waals surface area contributed by atoms with Gasteiger partial charge >= 0.3 is 0 Å². The molecule has 0 radical (unpaired) electrons. The third-order valence-corrected chi connectivity index (χ3v) is 3.98. The number of nitrogens with one attached hydrogen (secondary N) is 1. The van der Waals surface area contributed by atoms with Crippen LogP contribution < -0.4 is 10.1 Å². The Morgan fingerprint density at radius 3 is 2.48 bits per heavy atom. The third kappa shape index (κ3) is 4.66. The van der Waals surface area contributed by atoms with E-state index in [1.165, 1.54) is 11.3 Å². The first kappa shape index (κ1) is 15.2. The van der Waals surface area contributed by atoms with Crippen LogP contribution in [0.1, 0.15) is 10.7 Å². The van der Waals surface area contributed by atoms with E-state index in [0.29, 0.717) is 6.61 Å². The molecule has 0 atom stereocenters. The molecule has 1 heterocycles. The van der Waals surface area contributed by atoms with Gasteiger partial charge in [-0.2, -0.15) is 0 Å². The fourth-order valence-corrected chi connectivity index (χ4v) is 2.75. The van der Waals surface area contributed by atoms with Crippen molar-refractivity contribution < 1.29 is 9.53 Å². The van der Waals surface area contributed by atoms with Crippen molar-refractivity contribution in [3.05, 3.63) is 76.7 Å². The van der Waals surface area contributed by atoms with E-state index >= 15 is 0 Å².